The minimum atomic E-state index is -1.58. The van der Waals surface area contributed by atoms with Gasteiger partial charge in [0.25, 0.3) is 5.91 Å². The van der Waals surface area contributed by atoms with Gasteiger partial charge in [-0.3, -0.25) is 19.4 Å². The van der Waals surface area contributed by atoms with E-state index in [1.54, 1.807) is 79.5 Å². The average Bonchev–Trinajstić information content (AvgIpc) is 2.16. The first-order valence-electron chi connectivity index (χ1n) is 29.0. The molecule has 5 fully saturated rings. The number of aromatic nitrogens is 1. The van der Waals surface area contributed by atoms with Crippen molar-refractivity contribution in [3.05, 3.63) is 46.2 Å². The number of pyridine rings is 1. The summed E-state index contributed by atoms with van der Waals surface area (Å²) >= 11 is 12.5. The minimum Gasteiger partial charge on any atom is -0.493 e. The molecule has 7 rings (SSSR count). The summed E-state index contributed by atoms with van der Waals surface area (Å²) in [5.74, 6) is -4.69. The molecule has 1 aromatic carbocycles. The summed E-state index contributed by atoms with van der Waals surface area (Å²) in [5.41, 5.74) is -3.75. The largest absolute Gasteiger partial charge is 0.493 e. The van der Waals surface area contributed by atoms with E-state index in [9.17, 15) is 24.6 Å². The first-order chi connectivity index (χ1) is 39.7. The number of carbonyl (C=O) groups excluding carboxylic acids is 5. The number of methoxy groups -OCH3 is 3. The minimum absolute atomic E-state index is 0.0115. The van der Waals surface area contributed by atoms with Gasteiger partial charge in [-0.15, -0.1) is 0 Å². The maximum Gasteiger partial charge on any atom is 0.410 e. The Labute approximate surface area is 502 Å². The van der Waals surface area contributed by atoms with Crippen LogP contribution >= 0.6 is 23.2 Å². The van der Waals surface area contributed by atoms with Gasteiger partial charge in [0.15, 0.2) is 29.7 Å². The van der Waals surface area contributed by atoms with Crippen molar-refractivity contribution in [2.45, 2.75) is 186 Å². The molecule has 18 atom stereocenters. The Morgan fingerprint density at radius 3 is 2.19 bits per heavy atom. The molecular formula is C59H87Cl2N5O18. The number of aliphatic hydroxyl groups is 2. The van der Waals surface area contributed by atoms with Crippen molar-refractivity contribution in [3.8, 4) is 11.5 Å². The zero-order chi connectivity index (χ0) is 61.7. The lowest BCUT2D eigenvalue weighted by atomic mass is 9.73. The quantitative estimate of drug-likeness (QED) is 0.111. The van der Waals surface area contributed by atoms with Crippen LogP contribution in [-0.4, -0.2) is 212 Å². The Bertz CT molecular complexity index is 2620. The third kappa shape index (κ3) is 14.2. The van der Waals surface area contributed by atoms with Gasteiger partial charge >= 0.3 is 18.1 Å². The Morgan fingerprint density at radius 2 is 1.56 bits per heavy atom. The zero-order valence-corrected chi connectivity index (χ0v) is 52.3. The number of cyclic esters (lactones) is 1. The second kappa shape index (κ2) is 28.0. The number of esters is 1. The fourth-order valence-electron chi connectivity index (χ4n) is 12.9. The lowest BCUT2D eigenvalue weighted by Gasteiger charge is -2.50. The van der Waals surface area contributed by atoms with Crippen LogP contribution in [0.25, 0.3) is 0 Å². The Morgan fingerprint density at radius 1 is 0.893 bits per heavy atom. The molecule has 5 aliphatic heterocycles. The number of aliphatic hydroxyl groups excluding tert-OH is 2. The molecular weight excluding hydrogens is 1140 g/mol. The molecule has 3 N–H and O–H groups in total. The third-order valence-corrected chi connectivity index (χ3v) is 18.4. The molecule has 0 radical (unpaired) electrons. The van der Waals surface area contributed by atoms with Gasteiger partial charge in [-0.25, -0.2) is 9.59 Å². The lowest BCUT2D eigenvalue weighted by molar-refractivity contribution is -0.319. The van der Waals surface area contributed by atoms with Gasteiger partial charge in [0, 0.05) is 83.0 Å². The predicted molar refractivity (Wildman–Crippen MR) is 307 cm³/mol. The summed E-state index contributed by atoms with van der Waals surface area (Å²) in [6, 6.07) is 2.58. The van der Waals surface area contributed by atoms with E-state index in [0.29, 0.717) is 32.1 Å². The Kier molecular flexibility index (Phi) is 22.3. The number of Topliss-reactive ketones (excluding diaryl/α,β-unsaturated/α-hetero) is 1. The smallest absolute Gasteiger partial charge is 0.410 e. The van der Waals surface area contributed by atoms with Crippen LogP contribution in [0, 0.1) is 23.7 Å². The molecule has 2 aromatic rings. The number of morpholine rings is 1. The average molecular weight is 1230 g/mol. The van der Waals surface area contributed by atoms with Gasteiger partial charge in [0.2, 0.25) is 0 Å². The number of hydrogen-bond acceptors (Lipinski definition) is 19. The summed E-state index contributed by atoms with van der Waals surface area (Å²) in [7, 11) is 6.07. The molecule has 0 aliphatic carbocycles. The number of hydrogen-bond donors (Lipinski definition) is 3. The monoisotopic (exact) mass is 1220 g/mol. The van der Waals surface area contributed by atoms with Crippen LogP contribution < -0.4 is 14.8 Å². The molecule has 470 valence electrons. The summed E-state index contributed by atoms with van der Waals surface area (Å²) in [5, 5.41) is 26.6. The standard InChI is InChI=1S/C59H87Cl2N5O18/c1-15-43-59(10)49(66(56(73)84-59)19-16-22-78-42-26-37(17-18-41(42)74-12)52(70)63-45-38(60)29-62-30-39(45)61)33(4)46(67)31(2)27-58(9,76-14)51(83-54-47(68)40(25-32(3)79-54)64(11)55(72)65-20-23-77-24-21-65)34(5)48(35(6)53(71)81-43)82-44-28-57(8,75-13)50(69)36(7)80-44/h17-18,26,29-36,40,43-44,47-51,54,68-69H,15-16,19-25,27-28H2,1-14H3,(H,62,63,70)/t31-,32-,33+,34+,35?,36+,40+,43-,44+,47-,48?,49-,50?,51?,54+,57?,58-,59-/m1/s1. The molecule has 0 saturated carbocycles. The van der Waals surface area contributed by atoms with E-state index < -0.39 is 126 Å². The maximum absolute atomic E-state index is 15.4. The van der Waals surface area contributed by atoms with E-state index in [-0.39, 0.29) is 84.1 Å². The van der Waals surface area contributed by atoms with Crippen molar-refractivity contribution in [2.24, 2.45) is 23.7 Å². The van der Waals surface area contributed by atoms with Crippen molar-refractivity contribution in [2.75, 3.05) is 73.1 Å². The number of fused-ring (bicyclic) bond motifs is 1. The highest BCUT2D eigenvalue weighted by atomic mass is 35.5. The van der Waals surface area contributed by atoms with E-state index in [4.69, 9.17) is 75.3 Å². The van der Waals surface area contributed by atoms with Gasteiger partial charge in [0.1, 0.15) is 24.1 Å². The van der Waals surface area contributed by atoms with Gasteiger partial charge in [-0.2, -0.15) is 0 Å². The van der Waals surface area contributed by atoms with Crippen LogP contribution in [0.15, 0.2) is 30.6 Å². The number of nitrogens with one attached hydrogen (secondary N) is 1. The number of urea groups is 1. The molecule has 4 amide bonds. The molecule has 23 nitrogen and oxygen atoms in total. The van der Waals surface area contributed by atoms with Gasteiger partial charge < -0.3 is 82.3 Å². The predicted octanol–water partition coefficient (Wildman–Crippen LogP) is 7.16. The summed E-state index contributed by atoms with van der Waals surface area (Å²) in [4.78, 5) is 80.9. The van der Waals surface area contributed by atoms with Crippen molar-refractivity contribution >= 4 is 58.7 Å². The number of halogens is 2. The number of ether oxygens (including phenoxy) is 11. The maximum atomic E-state index is 15.4. The molecule has 84 heavy (non-hydrogen) atoms. The Hall–Kier alpha value is -4.66. The first kappa shape index (κ1) is 66.9. The third-order valence-electron chi connectivity index (χ3n) is 17.9. The highest BCUT2D eigenvalue weighted by Gasteiger charge is 2.61. The molecule has 25 heteroatoms. The van der Waals surface area contributed by atoms with Crippen molar-refractivity contribution in [1.82, 2.24) is 19.7 Å². The molecule has 5 unspecified atom stereocenters. The van der Waals surface area contributed by atoms with Crippen molar-refractivity contribution in [1.29, 1.82) is 0 Å². The van der Waals surface area contributed by atoms with Crippen LogP contribution in [0.1, 0.15) is 112 Å². The summed E-state index contributed by atoms with van der Waals surface area (Å²) in [6.07, 6.45) is -6.82. The van der Waals surface area contributed by atoms with E-state index >= 15 is 9.59 Å². The molecule has 6 heterocycles. The number of ketones is 1. The normalized spacial score (nSPS) is 36.2. The van der Waals surface area contributed by atoms with E-state index in [1.165, 1.54) is 49.6 Å². The van der Waals surface area contributed by atoms with E-state index in [0.717, 1.165) is 0 Å². The van der Waals surface area contributed by atoms with Crippen LogP contribution in [0.3, 0.4) is 0 Å². The lowest BCUT2D eigenvalue weighted by Crippen LogP contribution is -2.63. The van der Waals surface area contributed by atoms with E-state index in [2.05, 4.69) is 10.3 Å². The number of carbonyl (C=O) groups is 5. The second-order valence-electron chi connectivity index (χ2n) is 23.7. The molecule has 5 aliphatic rings. The number of amides is 4. The molecule has 1 aromatic heterocycles. The van der Waals surface area contributed by atoms with Gasteiger partial charge in [-0.1, -0.05) is 50.9 Å². The SMILES string of the molecule is CC[C@H]1OC(=O)C(C)C(O[C@H]2CC(C)(OC)C(O)[C@H](C)O2)[C@H](C)C(O[C@@H]2O[C@H](C)C[C@H](N(C)C(=O)N3CCOCC3)[C@H]2O)[C@](C)(OC)C[C@@H](C)C(=O)[C@H](C)[C@H]2N(CCCOc3cc(C(=O)Nc4c(Cl)cncc4Cl)ccc3OC)C(=O)O[C@]12C. The topological polar surface area (TPSA) is 262 Å². The van der Waals surface area contributed by atoms with Gasteiger partial charge in [-0.05, 0) is 85.4 Å². The fraction of sp³-hybridized carbons (Fsp3) is 0.729. The van der Waals surface area contributed by atoms with Crippen molar-refractivity contribution in [3.63, 3.8) is 0 Å². The Balaban J connectivity index is 1.22. The fourth-order valence-corrected chi connectivity index (χ4v) is 13.4. The van der Waals surface area contributed by atoms with Crippen LogP contribution in [0.2, 0.25) is 10.0 Å². The second-order valence-corrected chi connectivity index (χ2v) is 24.5. The van der Waals surface area contributed by atoms with Crippen LogP contribution in [0.4, 0.5) is 15.3 Å². The zero-order valence-electron chi connectivity index (χ0n) is 50.8. The number of anilines is 1. The summed E-state index contributed by atoms with van der Waals surface area (Å²) in [6.45, 7) is 19.1. The van der Waals surface area contributed by atoms with Crippen molar-refractivity contribution < 1.29 is 86.3 Å². The number of rotatable bonds is 16. The molecule has 0 bridgehead atoms. The summed E-state index contributed by atoms with van der Waals surface area (Å²) < 4.78 is 69.3. The highest BCUT2D eigenvalue weighted by Crippen LogP contribution is 2.45. The van der Waals surface area contributed by atoms with E-state index in [1.807, 2.05) is 13.8 Å². The van der Waals surface area contributed by atoms with Crippen LogP contribution in [-0.2, 0) is 52.2 Å². The first-order valence-corrected chi connectivity index (χ1v) is 29.8. The highest BCUT2D eigenvalue weighted by molar-refractivity contribution is 6.39. The number of nitrogens with zero attached hydrogens (tertiary/aromatic N) is 4. The number of benzene rings is 1. The molecule has 0 spiro atoms. The number of likely N-dealkylation sites (N-methyl/N-ethyl adjacent to an activating group) is 1. The van der Waals surface area contributed by atoms with Crippen LogP contribution in [0.5, 0.6) is 11.5 Å². The molecule has 5 saturated heterocycles. The van der Waals surface area contributed by atoms with Gasteiger partial charge in [0.05, 0.1) is 96.3 Å².